The fraction of sp³-hybridized carbons (Fsp3) is 0.929. The van der Waals surface area contributed by atoms with Gasteiger partial charge < -0.3 is 10.2 Å². The van der Waals surface area contributed by atoms with Crippen LogP contribution in [0.5, 0.6) is 0 Å². The van der Waals surface area contributed by atoms with Crippen molar-refractivity contribution in [3.05, 3.63) is 20.2 Å². The first kappa shape index (κ1) is 22.2. The molecular formula is C14H25FN2O7. The molecule has 0 aromatic rings. The summed E-state index contributed by atoms with van der Waals surface area (Å²) in [6.45, 7) is 0.171. The van der Waals surface area contributed by atoms with E-state index in [1.54, 1.807) is 0 Å². The summed E-state index contributed by atoms with van der Waals surface area (Å²) in [5, 5.41) is 37.9. The number of halogens is 1. The zero-order valence-electron chi connectivity index (χ0n) is 13.4. The molecule has 2 atom stereocenters. The van der Waals surface area contributed by atoms with Crippen molar-refractivity contribution in [1.82, 2.24) is 0 Å². The summed E-state index contributed by atoms with van der Waals surface area (Å²) in [4.78, 5) is 29.8. The van der Waals surface area contributed by atoms with Gasteiger partial charge in [-0.25, -0.2) is 4.79 Å². The Hall–Kier alpha value is -1.84. The van der Waals surface area contributed by atoms with E-state index in [1.807, 2.05) is 0 Å². The number of carboxylic acid groups (broad SMARTS) is 1. The molecule has 9 nitrogen and oxygen atoms in total. The molecule has 0 aromatic carbocycles. The van der Waals surface area contributed by atoms with Crippen LogP contribution < -0.4 is 0 Å². The Labute approximate surface area is 138 Å². The minimum Gasteiger partial charge on any atom is -0.479 e. The number of aliphatic carboxylic acids is 1. The number of carbonyl (C=O) groups is 1. The third-order valence-corrected chi connectivity index (χ3v) is 4.63. The maximum absolute atomic E-state index is 10.5. The number of nitrogens with zero attached hydrogens (tertiary/aromatic N) is 2. The number of carboxylic acids is 1. The van der Waals surface area contributed by atoms with E-state index in [1.165, 1.54) is 19.3 Å². The van der Waals surface area contributed by atoms with Crippen LogP contribution in [0, 0.1) is 32.1 Å². The third kappa shape index (κ3) is 7.62. The van der Waals surface area contributed by atoms with Crippen molar-refractivity contribution in [2.75, 3.05) is 6.54 Å². The molecule has 2 saturated carbocycles. The van der Waals surface area contributed by atoms with Gasteiger partial charge in [-0.1, -0.05) is 38.5 Å². The second kappa shape index (κ2) is 10.8. The maximum atomic E-state index is 10.5. The van der Waals surface area contributed by atoms with Crippen LogP contribution >= 0.6 is 0 Å². The van der Waals surface area contributed by atoms with Gasteiger partial charge in [-0.3, -0.25) is 24.9 Å². The van der Waals surface area contributed by atoms with Crippen LogP contribution in [0.1, 0.15) is 51.4 Å². The quantitative estimate of drug-likeness (QED) is 0.501. The molecule has 24 heavy (non-hydrogen) atoms. The number of nitro groups is 2. The number of aliphatic hydroxyl groups is 1. The highest BCUT2D eigenvalue weighted by molar-refractivity contribution is 5.72. The lowest BCUT2D eigenvalue weighted by atomic mass is 9.80. The Morgan fingerprint density at radius 1 is 1.08 bits per heavy atom. The maximum Gasteiger partial charge on any atom is 0.339 e. The smallest absolute Gasteiger partial charge is 0.339 e. The van der Waals surface area contributed by atoms with Gasteiger partial charge in [0.25, 0.3) is 0 Å². The number of hydrogen-bond donors (Lipinski definition) is 2. The highest BCUT2D eigenvalue weighted by atomic mass is 19.0. The number of rotatable bonds is 8. The van der Waals surface area contributed by atoms with E-state index in [0.717, 1.165) is 25.7 Å². The minimum atomic E-state index is -1.88. The van der Waals surface area contributed by atoms with Crippen LogP contribution in [-0.2, 0) is 4.79 Å². The highest BCUT2D eigenvalue weighted by Gasteiger charge is 2.38. The average Bonchev–Trinajstić information content (AvgIpc) is 2.34. The molecule has 0 bridgehead atoms. The van der Waals surface area contributed by atoms with Crippen LogP contribution in [-0.4, -0.2) is 44.7 Å². The Balaban J connectivity index is 0.000000460. The Morgan fingerprint density at radius 3 is 1.88 bits per heavy atom. The fourth-order valence-corrected chi connectivity index (χ4v) is 2.63. The van der Waals surface area contributed by atoms with Crippen molar-refractivity contribution in [3.8, 4) is 0 Å². The van der Waals surface area contributed by atoms with Gasteiger partial charge >= 0.3 is 5.97 Å². The second-order valence-electron chi connectivity index (χ2n) is 6.31. The van der Waals surface area contributed by atoms with Crippen molar-refractivity contribution in [2.24, 2.45) is 11.8 Å². The average molecular weight is 352 g/mol. The predicted molar refractivity (Wildman–Crippen MR) is 82.7 cm³/mol. The molecule has 0 aromatic heterocycles. The van der Waals surface area contributed by atoms with Crippen molar-refractivity contribution >= 4 is 5.97 Å². The Kier molecular flexibility index (Phi) is 10.0. The van der Waals surface area contributed by atoms with Crippen LogP contribution in [0.25, 0.3) is 0 Å². The van der Waals surface area contributed by atoms with E-state index in [4.69, 9.17) is 10.2 Å². The predicted octanol–water partition coefficient (Wildman–Crippen LogP) is 1.87. The van der Waals surface area contributed by atoms with Gasteiger partial charge in [0.2, 0.25) is 18.7 Å². The van der Waals surface area contributed by atoms with Gasteiger partial charge in [-0.15, -0.1) is 0 Å². The second-order valence-corrected chi connectivity index (χ2v) is 6.31. The zero-order chi connectivity index (χ0) is 17.4. The molecule has 2 N–H and O–H groups in total. The molecule has 0 amide bonds. The molecule has 2 aliphatic carbocycles. The first-order chi connectivity index (χ1) is 10.8. The SMILES string of the molecule is F.O=C(O)C(O)C(CC1CCC1)[N+](=O)[O-].O=[N+]([O-])CCC1CCC1. The molecule has 0 heterocycles. The van der Waals surface area contributed by atoms with Crippen molar-refractivity contribution in [2.45, 2.75) is 63.5 Å². The monoisotopic (exact) mass is 352 g/mol. The Bertz CT molecular complexity index is 427. The van der Waals surface area contributed by atoms with Gasteiger partial charge in [0.05, 0.1) is 0 Å². The van der Waals surface area contributed by atoms with E-state index in [0.29, 0.717) is 5.92 Å². The highest BCUT2D eigenvalue weighted by Crippen LogP contribution is 2.31. The lowest BCUT2D eigenvalue weighted by Crippen LogP contribution is -2.41. The summed E-state index contributed by atoms with van der Waals surface area (Å²) >= 11 is 0. The van der Waals surface area contributed by atoms with Crippen LogP contribution in [0.3, 0.4) is 0 Å². The van der Waals surface area contributed by atoms with Gasteiger partial charge in [-0.05, 0) is 11.8 Å². The standard InChI is InChI=1S/C8H13NO5.C6H11NO2.FH/c10-7(8(11)12)6(9(13)14)4-5-2-1-3-5;8-7(9)5-4-6-2-1-3-6;/h5-7,10H,1-4H2,(H,11,12);6H,1-5H2;1H. The van der Waals surface area contributed by atoms with E-state index in [2.05, 4.69) is 0 Å². The largest absolute Gasteiger partial charge is 0.479 e. The van der Waals surface area contributed by atoms with Gasteiger partial charge in [0, 0.05) is 22.7 Å². The molecule has 2 fully saturated rings. The summed E-state index contributed by atoms with van der Waals surface area (Å²) in [6.07, 6.45) is 5.63. The topological polar surface area (TPSA) is 144 Å². The summed E-state index contributed by atoms with van der Waals surface area (Å²) in [5.41, 5.74) is 0. The van der Waals surface area contributed by atoms with Crippen LogP contribution in [0.15, 0.2) is 0 Å². The van der Waals surface area contributed by atoms with Crippen molar-refractivity contribution in [1.29, 1.82) is 0 Å². The minimum absolute atomic E-state index is 0. The lowest BCUT2D eigenvalue weighted by Gasteiger charge is -2.26. The molecule has 0 aliphatic heterocycles. The zero-order valence-corrected chi connectivity index (χ0v) is 13.4. The third-order valence-electron chi connectivity index (χ3n) is 4.63. The lowest BCUT2D eigenvalue weighted by molar-refractivity contribution is -0.534. The molecule has 2 unspecified atom stereocenters. The van der Waals surface area contributed by atoms with Gasteiger partial charge in [0.1, 0.15) is 0 Å². The van der Waals surface area contributed by atoms with E-state index < -0.39 is 23.0 Å². The molecule has 0 radical (unpaired) electrons. The van der Waals surface area contributed by atoms with E-state index >= 15 is 0 Å². The van der Waals surface area contributed by atoms with Gasteiger partial charge in [0.15, 0.2) is 0 Å². The van der Waals surface area contributed by atoms with Crippen LogP contribution in [0.4, 0.5) is 4.70 Å². The molecule has 0 spiro atoms. The summed E-state index contributed by atoms with van der Waals surface area (Å²) < 4.78 is 0. The molecule has 0 saturated heterocycles. The molecule has 2 rings (SSSR count). The van der Waals surface area contributed by atoms with Crippen molar-refractivity contribution in [3.63, 3.8) is 0 Å². The molecule has 140 valence electrons. The van der Waals surface area contributed by atoms with Crippen molar-refractivity contribution < 1.29 is 29.6 Å². The Morgan fingerprint density at radius 2 is 1.58 bits per heavy atom. The first-order valence-electron chi connectivity index (χ1n) is 7.97. The first-order valence-corrected chi connectivity index (χ1v) is 7.97. The molecule has 10 heteroatoms. The van der Waals surface area contributed by atoms with E-state index in [9.17, 15) is 25.0 Å². The summed E-state index contributed by atoms with van der Waals surface area (Å²) in [6, 6.07) is -1.36. The van der Waals surface area contributed by atoms with Gasteiger partial charge in [-0.2, -0.15) is 0 Å². The van der Waals surface area contributed by atoms with Crippen LogP contribution in [0.2, 0.25) is 0 Å². The van der Waals surface area contributed by atoms with E-state index in [-0.39, 0.29) is 28.5 Å². The molecular weight excluding hydrogens is 327 g/mol. The fourth-order valence-electron chi connectivity index (χ4n) is 2.63. The summed E-state index contributed by atoms with van der Waals surface area (Å²) in [5.74, 6) is -0.638. The number of hydrogen-bond acceptors (Lipinski definition) is 6. The summed E-state index contributed by atoms with van der Waals surface area (Å²) in [7, 11) is 0. The normalized spacial score (nSPS) is 19.4. The number of aliphatic hydroxyl groups excluding tert-OH is 1. The molecule has 2 aliphatic rings.